The second-order valence-corrected chi connectivity index (χ2v) is 5.32. The van der Waals surface area contributed by atoms with Gasteiger partial charge in [-0.05, 0) is 17.8 Å². The van der Waals surface area contributed by atoms with Gasteiger partial charge in [-0.15, -0.1) is 11.6 Å². The number of benzene rings is 2. The average molecular weight is 276 g/mol. The zero-order chi connectivity index (χ0) is 13.6. The van der Waals surface area contributed by atoms with E-state index in [1.807, 2.05) is 29.1 Å². The molecule has 1 aliphatic heterocycles. The van der Waals surface area contributed by atoms with Crippen LogP contribution in [0.4, 0.5) is 5.69 Å². The van der Waals surface area contributed by atoms with Crippen molar-refractivity contribution in [2.45, 2.75) is 12.7 Å². The molecule has 3 rings (SSSR count). The topological polar surface area (TPSA) is 43.7 Å². The van der Waals surface area contributed by atoms with Crippen molar-refractivity contribution < 1.29 is 10.1 Å². The minimum atomic E-state index is -0.590. The number of anilines is 1. The number of phenolic OH excluding ortho intramolecular Hbond substituents is 1. The van der Waals surface area contributed by atoms with Gasteiger partial charge in [0.15, 0.2) is 0 Å². The molecule has 2 N–H and O–H groups in total. The fourth-order valence-corrected chi connectivity index (χ4v) is 3.19. The molecule has 2 aromatic rings. The summed E-state index contributed by atoms with van der Waals surface area (Å²) < 4.78 is 0. The van der Waals surface area contributed by atoms with Crippen LogP contribution in [0.15, 0.2) is 30.3 Å². The van der Waals surface area contributed by atoms with E-state index in [-0.39, 0.29) is 11.7 Å². The lowest BCUT2D eigenvalue weighted by Gasteiger charge is -2.20. The second kappa shape index (κ2) is 4.62. The number of nitrogens with zero attached hydrogens (tertiary/aromatic N) is 1. The smallest absolute Gasteiger partial charge is 0.409 e. The van der Waals surface area contributed by atoms with Crippen LogP contribution in [-0.4, -0.2) is 29.6 Å². The molecule has 1 aliphatic rings. The van der Waals surface area contributed by atoms with E-state index < -0.39 is 7.05 Å². The number of alkyl halides is 1. The zero-order valence-corrected chi connectivity index (χ0v) is 11.4. The molecular formula is C14H15BClNO2. The lowest BCUT2D eigenvalue weighted by molar-refractivity contribution is 0.482. The maximum absolute atomic E-state index is 10.2. The first-order valence-corrected chi connectivity index (χ1v) is 6.92. The lowest BCUT2D eigenvalue weighted by atomic mass is 9.85. The Balaban J connectivity index is 2.31. The van der Waals surface area contributed by atoms with E-state index in [0.29, 0.717) is 12.4 Å². The lowest BCUT2D eigenvalue weighted by Crippen LogP contribution is -2.36. The highest BCUT2D eigenvalue weighted by atomic mass is 35.5. The molecule has 5 heteroatoms. The van der Waals surface area contributed by atoms with Crippen LogP contribution in [0.3, 0.4) is 0 Å². The predicted octanol–water partition coefficient (Wildman–Crippen LogP) is 2.80. The Morgan fingerprint density at radius 1 is 1.37 bits per heavy atom. The van der Waals surface area contributed by atoms with Crippen molar-refractivity contribution in [3.63, 3.8) is 0 Å². The molecule has 2 aromatic carbocycles. The van der Waals surface area contributed by atoms with Crippen LogP contribution in [0.2, 0.25) is 6.82 Å². The number of hydrogen-bond donors (Lipinski definition) is 2. The van der Waals surface area contributed by atoms with E-state index in [4.69, 9.17) is 11.6 Å². The second-order valence-electron chi connectivity index (χ2n) is 5.01. The summed E-state index contributed by atoms with van der Waals surface area (Å²) in [6.07, 6.45) is 0. The van der Waals surface area contributed by atoms with Gasteiger partial charge in [-0.2, -0.15) is 0 Å². The van der Waals surface area contributed by atoms with Crippen LogP contribution in [0, 0.1) is 0 Å². The van der Waals surface area contributed by atoms with Crippen LogP contribution < -0.4 is 4.81 Å². The SMILES string of the molecule is CB(O)N1CC(CCl)c2c1cc(O)c1ccccc21. The Morgan fingerprint density at radius 2 is 2.05 bits per heavy atom. The van der Waals surface area contributed by atoms with Gasteiger partial charge in [-0.25, -0.2) is 0 Å². The van der Waals surface area contributed by atoms with Gasteiger partial charge >= 0.3 is 7.05 Å². The largest absolute Gasteiger partial charge is 0.507 e. The summed E-state index contributed by atoms with van der Waals surface area (Å²) >= 11 is 6.07. The van der Waals surface area contributed by atoms with Gasteiger partial charge in [-0.3, -0.25) is 0 Å². The van der Waals surface area contributed by atoms with Gasteiger partial charge in [0.1, 0.15) is 5.75 Å². The molecule has 19 heavy (non-hydrogen) atoms. The Morgan fingerprint density at radius 3 is 2.68 bits per heavy atom. The highest BCUT2D eigenvalue weighted by Gasteiger charge is 2.34. The molecule has 1 heterocycles. The fourth-order valence-electron chi connectivity index (χ4n) is 2.94. The predicted molar refractivity (Wildman–Crippen MR) is 80.3 cm³/mol. The standard InChI is InChI=1S/C14H15BClNO2/c1-15(19)17-8-9(7-16)14-11-5-3-2-4-10(11)13(18)6-12(14)17/h2-6,9,18-19H,7-8H2,1H3. The van der Waals surface area contributed by atoms with Crippen molar-refractivity contribution in [3.05, 3.63) is 35.9 Å². The van der Waals surface area contributed by atoms with Gasteiger partial charge in [-0.1, -0.05) is 24.3 Å². The first kappa shape index (κ1) is 12.6. The third-order valence-electron chi connectivity index (χ3n) is 3.81. The number of phenols is 1. The van der Waals surface area contributed by atoms with Crippen LogP contribution in [0.1, 0.15) is 11.5 Å². The van der Waals surface area contributed by atoms with E-state index in [0.717, 1.165) is 22.0 Å². The van der Waals surface area contributed by atoms with Crippen molar-refractivity contribution in [1.82, 2.24) is 0 Å². The van der Waals surface area contributed by atoms with Crippen LogP contribution in [0.5, 0.6) is 5.75 Å². The summed E-state index contributed by atoms with van der Waals surface area (Å²) in [5.41, 5.74) is 2.01. The Bertz CT molecular complexity index is 632. The van der Waals surface area contributed by atoms with Gasteiger partial charge in [0.05, 0.1) is 0 Å². The molecule has 0 fully saturated rings. The van der Waals surface area contributed by atoms with Crippen molar-refractivity contribution in [2.75, 3.05) is 17.2 Å². The summed E-state index contributed by atoms with van der Waals surface area (Å²) in [7, 11) is -0.590. The van der Waals surface area contributed by atoms with E-state index in [1.165, 1.54) is 0 Å². The van der Waals surface area contributed by atoms with Gasteiger partial charge in [0.25, 0.3) is 0 Å². The van der Waals surface area contributed by atoms with E-state index in [1.54, 1.807) is 12.9 Å². The molecule has 0 spiro atoms. The van der Waals surface area contributed by atoms with E-state index >= 15 is 0 Å². The summed E-state index contributed by atoms with van der Waals surface area (Å²) in [4.78, 5) is 1.88. The maximum atomic E-state index is 10.2. The Labute approximate surface area is 117 Å². The van der Waals surface area contributed by atoms with Crippen molar-refractivity contribution in [1.29, 1.82) is 0 Å². The Hall–Kier alpha value is -1.39. The van der Waals surface area contributed by atoms with Crippen molar-refractivity contribution in [2.24, 2.45) is 0 Å². The third-order valence-corrected chi connectivity index (χ3v) is 4.19. The molecule has 0 radical (unpaired) electrons. The van der Waals surface area contributed by atoms with Gasteiger partial charge in [0, 0.05) is 35.5 Å². The summed E-state index contributed by atoms with van der Waals surface area (Å²) in [5.74, 6) is 0.928. The highest BCUT2D eigenvalue weighted by Crippen LogP contribution is 2.45. The molecule has 1 unspecified atom stereocenters. The molecule has 0 amide bonds. The van der Waals surface area contributed by atoms with Crippen LogP contribution >= 0.6 is 11.6 Å². The van der Waals surface area contributed by atoms with Gasteiger partial charge < -0.3 is 14.9 Å². The van der Waals surface area contributed by atoms with Crippen LogP contribution in [-0.2, 0) is 0 Å². The molecule has 0 bridgehead atoms. The van der Waals surface area contributed by atoms with E-state index in [2.05, 4.69) is 0 Å². The molecular weight excluding hydrogens is 260 g/mol. The number of halogens is 1. The zero-order valence-electron chi connectivity index (χ0n) is 10.7. The highest BCUT2D eigenvalue weighted by molar-refractivity contribution is 6.54. The third kappa shape index (κ3) is 1.87. The summed E-state index contributed by atoms with van der Waals surface area (Å²) in [6, 6.07) is 9.50. The first-order valence-electron chi connectivity index (χ1n) is 6.38. The Kier molecular flexibility index (Phi) is 3.07. The quantitative estimate of drug-likeness (QED) is 0.654. The number of rotatable bonds is 2. The molecule has 0 aromatic heterocycles. The molecule has 0 saturated heterocycles. The van der Waals surface area contributed by atoms with Gasteiger partial charge in [0.2, 0.25) is 0 Å². The molecule has 3 nitrogen and oxygen atoms in total. The molecule has 1 atom stereocenters. The molecule has 98 valence electrons. The first-order chi connectivity index (χ1) is 9.13. The fraction of sp³-hybridized carbons (Fsp3) is 0.286. The minimum absolute atomic E-state index is 0.178. The minimum Gasteiger partial charge on any atom is -0.507 e. The number of aromatic hydroxyl groups is 1. The maximum Gasteiger partial charge on any atom is 0.409 e. The molecule has 0 aliphatic carbocycles. The monoisotopic (exact) mass is 275 g/mol. The summed E-state index contributed by atoms with van der Waals surface area (Å²) in [5, 5.41) is 21.9. The number of hydrogen-bond acceptors (Lipinski definition) is 3. The summed E-state index contributed by atoms with van der Waals surface area (Å²) in [6.45, 7) is 2.41. The molecule has 0 saturated carbocycles. The number of fused-ring (bicyclic) bond motifs is 3. The van der Waals surface area contributed by atoms with E-state index in [9.17, 15) is 10.1 Å². The normalized spacial score (nSPS) is 17.8. The van der Waals surface area contributed by atoms with Crippen molar-refractivity contribution in [3.8, 4) is 5.75 Å². The van der Waals surface area contributed by atoms with Crippen LogP contribution in [0.25, 0.3) is 10.8 Å². The van der Waals surface area contributed by atoms with Crippen molar-refractivity contribution >= 4 is 35.1 Å². The average Bonchev–Trinajstić information content (AvgIpc) is 2.78.